The topological polar surface area (TPSA) is 44.1 Å². The van der Waals surface area contributed by atoms with Crippen LogP contribution in [0, 0.1) is 0 Å². The van der Waals surface area contributed by atoms with Crippen molar-refractivity contribution in [2.45, 2.75) is 12.8 Å². The van der Waals surface area contributed by atoms with Crippen molar-refractivity contribution in [3.63, 3.8) is 0 Å². The second-order valence-corrected chi connectivity index (χ2v) is 6.28. The Bertz CT molecular complexity index is 966. The molecule has 0 unspecified atom stereocenters. The monoisotopic (exact) mass is 394 g/mol. The number of halogens is 4. The lowest BCUT2D eigenvalue weighted by atomic mass is 10.0. The van der Waals surface area contributed by atoms with E-state index >= 15 is 0 Å². The number of benzene rings is 2. The van der Waals surface area contributed by atoms with E-state index in [9.17, 15) is 18.0 Å². The van der Waals surface area contributed by atoms with Crippen molar-refractivity contribution in [3.05, 3.63) is 70.5 Å². The van der Waals surface area contributed by atoms with Crippen molar-refractivity contribution >= 4 is 17.9 Å². The van der Waals surface area contributed by atoms with Crippen LogP contribution in [0.25, 0.3) is 11.1 Å². The maximum atomic E-state index is 13.2. The zero-order chi connectivity index (χ0) is 19.6. The Morgan fingerprint density at radius 2 is 1.85 bits per heavy atom. The summed E-state index contributed by atoms with van der Waals surface area (Å²) in [6.45, 7) is 0.232. The van der Waals surface area contributed by atoms with Gasteiger partial charge in [0.05, 0.1) is 0 Å². The third kappa shape index (κ3) is 4.31. The number of aldehydes is 1. The molecule has 0 N–H and O–H groups in total. The van der Waals surface area contributed by atoms with E-state index in [1.165, 1.54) is 31.4 Å². The number of carbonyl (C=O) groups is 1. The van der Waals surface area contributed by atoms with Gasteiger partial charge in [-0.15, -0.1) is 0 Å². The van der Waals surface area contributed by atoms with Crippen LogP contribution in [-0.2, 0) is 19.8 Å². The van der Waals surface area contributed by atoms with Gasteiger partial charge in [0.2, 0.25) is 0 Å². The second kappa shape index (κ2) is 7.44. The Morgan fingerprint density at radius 1 is 1.15 bits per heavy atom. The number of hydrogen-bond donors (Lipinski definition) is 0. The van der Waals surface area contributed by atoms with Crippen LogP contribution in [0.3, 0.4) is 0 Å². The maximum absolute atomic E-state index is 13.2. The lowest BCUT2D eigenvalue weighted by Gasteiger charge is -2.11. The maximum Gasteiger partial charge on any atom is 0.435 e. The fraction of sp³-hybridized carbons (Fsp3) is 0.158. The molecule has 0 fully saturated rings. The molecule has 0 amide bonds. The number of aromatic nitrogens is 2. The predicted molar refractivity (Wildman–Crippen MR) is 94.8 cm³/mol. The first-order valence-corrected chi connectivity index (χ1v) is 8.23. The molecule has 140 valence electrons. The molecule has 2 aromatic carbocycles. The summed E-state index contributed by atoms with van der Waals surface area (Å²) in [5.41, 5.74) is -0.103. The summed E-state index contributed by atoms with van der Waals surface area (Å²) in [6, 6.07) is 11.4. The average Bonchev–Trinajstić information content (AvgIpc) is 3.03. The van der Waals surface area contributed by atoms with Gasteiger partial charge in [-0.3, -0.25) is 9.48 Å². The predicted octanol–water partition coefficient (Wildman–Crippen LogP) is 5.15. The first-order chi connectivity index (χ1) is 12.8. The minimum absolute atomic E-state index is 0.0853. The van der Waals surface area contributed by atoms with Gasteiger partial charge in [-0.25, -0.2) is 0 Å². The molecule has 0 bridgehead atoms. The molecule has 0 aliphatic carbocycles. The van der Waals surface area contributed by atoms with Gasteiger partial charge in [0, 0.05) is 29.4 Å². The minimum Gasteiger partial charge on any atom is -0.489 e. The molecule has 0 saturated heterocycles. The van der Waals surface area contributed by atoms with E-state index in [1.54, 1.807) is 24.3 Å². The van der Waals surface area contributed by atoms with Crippen LogP contribution in [0.5, 0.6) is 5.75 Å². The zero-order valence-corrected chi connectivity index (χ0v) is 14.9. The Morgan fingerprint density at radius 3 is 2.48 bits per heavy atom. The Kier molecular flexibility index (Phi) is 5.23. The smallest absolute Gasteiger partial charge is 0.435 e. The van der Waals surface area contributed by atoms with E-state index in [0.717, 1.165) is 10.2 Å². The van der Waals surface area contributed by atoms with Gasteiger partial charge in [-0.1, -0.05) is 23.7 Å². The minimum atomic E-state index is -4.62. The van der Waals surface area contributed by atoms with E-state index in [-0.39, 0.29) is 23.3 Å². The summed E-state index contributed by atoms with van der Waals surface area (Å²) < 4.78 is 46.3. The van der Waals surface area contributed by atoms with Crippen molar-refractivity contribution in [3.8, 4) is 16.9 Å². The first kappa shape index (κ1) is 19.0. The number of aryl methyl sites for hydroxylation is 1. The third-order valence-electron chi connectivity index (χ3n) is 3.86. The Balaban J connectivity index is 1.89. The van der Waals surface area contributed by atoms with Crippen LogP contribution >= 0.6 is 11.6 Å². The van der Waals surface area contributed by atoms with Gasteiger partial charge in [0.15, 0.2) is 12.0 Å². The standard InChI is InChI=1S/C19H14ClF3N2O2/c1-25-9-17(18(24-25)19(21,22)23)16-7-6-15(8-13(16)10-26)27-11-12-2-4-14(20)5-3-12/h2-10H,11H2,1H3. The molecule has 0 saturated carbocycles. The molecule has 1 heterocycles. The molecule has 3 rings (SSSR count). The summed E-state index contributed by atoms with van der Waals surface area (Å²) in [4.78, 5) is 11.5. The Labute approximate surface area is 158 Å². The van der Waals surface area contributed by atoms with Crippen LogP contribution in [0.15, 0.2) is 48.7 Å². The molecular weight excluding hydrogens is 381 g/mol. The van der Waals surface area contributed by atoms with Crippen LogP contribution in [0.1, 0.15) is 21.6 Å². The van der Waals surface area contributed by atoms with Crippen LogP contribution in [0.4, 0.5) is 13.2 Å². The van der Waals surface area contributed by atoms with Crippen LogP contribution in [0.2, 0.25) is 5.02 Å². The van der Waals surface area contributed by atoms with E-state index in [0.29, 0.717) is 17.1 Å². The summed E-state index contributed by atoms with van der Waals surface area (Å²) in [6.07, 6.45) is -2.89. The van der Waals surface area contributed by atoms with Gasteiger partial charge in [-0.05, 0) is 41.5 Å². The molecule has 0 aliphatic rings. The van der Waals surface area contributed by atoms with Crippen molar-refractivity contribution in [1.29, 1.82) is 0 Å². The number of rotatable bonds is 5. The van der Waals surface area contributed by atoms with Crippen molar-refractivity contribution in [2.24, 2.45) is 7.05 Å². The van der Waals surface area contributed by atoms with E-state index in [4.69, 9.17) is 16.3 Å². The molecule has 0 spiro atoms. The number of nitrogens with zero attached hydrogens (tertiary/aromatic N) is 2. The quantitative estimate of drug-likeness (QED) is 0.562. The highest BCUT2D eigenvalue weighted by molar-refractivity contribution is 6.30. The molecule has 27 heavy (non-hydrogen) atoms. The van der Waals surface area contributed by atoms with E-state index in [2.05, 4.69) is 5.10 Å². The SMILES string of the molecule is Cn1cc(-c2ccc(OCc3ccc(Cl)cc3)cc2C=O)c(C(F)(F)F)n1. The number of carbonyl (C=O) groups excluding carboxylic acids is 1. The van der Waals surface area contributed by atoms with Gasteiger partial charge in [0.25, 0.3) is 0 Å². The molecule has 3 aromatic rings. The third-order valence-corrected chi connectivity index (χ3v) is 4.11. The normalized spacial score (nSPS) is 11.4. The van der Waals surface area contributed by atoms with E-state index < -0.39 is 11.9 Å². The highest BCUT2D eigenvalue weighted by Crippen LogP contribution is 2.37. The summed E-state index contributed by atoms with van der Waals surface area (Å²) in [5.74, 6) is 0.369. The van der Waals surface area contributed by atoms with Crippen LogP contribution < -0.4 is 4.74 Å². The van der Waals surface area contributed by atoms with Gasteiger partial charge < -0.3 is 4.74 Å². The van der Waals surface area contributed by atoms with Crippen molar-refractivity contribution in [1.82, 2.24) is 9.78 Å². The lowest BCUT2D eigenvalue weighted by Crippen LogP contribution is -2.08. The highest BCUT2D eigenvalue weighted by atomic mass is 35.5. The molecular formula is C19H14ClF3N2O2. The molecule has 0 aliphatic heterocycles. The van der Waals surface area contributed by atoms with Gasteiger partial charge in [-0.2, -0.15) is 18.3 Å². The van der Waals surface area contributed by atoms with Crippen molar-refractivity contribution < 1.29 is 22.7 Å². The second-order valence-electron chi connectivity index (χ2n) is 5.84. The number of hydrogen-bond acceptors (Lipinski definition) is 3. The van der Waals surface area contributed by atoms with Crippen LogP contribution in [-0.4, -0.2) is 16.1 Å². The zero-order valence-electron chi connectivity index (χ0n) is 14.1. The fourth-order valence-corrected chi connectivity index (χ4v) is 2.74. The van der Waals surface area contributed by atoms with Crippen molar-refractivity contribution in [2.75, 3.05) is 0 Å². The van der Waals surface area contributed by atoms with E-state index in [1.807, 2.05) is 0 Å². The summed E-state index contributed by atoms with van der Waals surface area (Å²) >= 11 is 5.82. The molecule has 0 radical (unpaired) electrons. The first-order valence-electron chi connectivity index (χ1n) is 7.85. The van der Waals surface area contributed by atoms with Gasteiger partial charge >= 0.3 is 6.18 Å². The number of alkyl halides is 3. The summed E-state index contributed by atoms with van der Waals surface area (Å²) in [5, 5.41) is 4.07. The molecule has 4 nitrogen and oxygen atoms in total. The molecule has 1 aromatic heterocycles. The Hall–Kier alpha value is -2.80. The largest absolute Gasteiger partial charge is 0.489 e. The molecule has 0 atom stereocenters. The number of ether oxygens (including phenoxy) is 1. The lowest BCUT2D eigenvalue weighted by molar-refractivity contribution is -0.140. The average molecular weight is 395 g/mol. The highest BCUT2D eigenvalue weighted by Gasteiger charge is 2.37. The summed E-state index contributed by atoms with van der Waals surface area (Å²) in [7, 11) is 1.39. The molecule has 8 heteroatoms. The van der Waals surface area contributed by atoms with Gasteiger partial charge in [0.1, 0.15) is 12.4 Å². The fourth-order valence-electron chi connectivity index (χ4n) is 2.62.